The average molecular weight is 520 g/mol. The van der Waals surface area contributed by atoms with E-state index in [0.29, 0.717) is 34.7 Å². The summed E-state index contributed by atoms with van der Waals surface area (Å²) in [5.74, 6) is -1.45. The second-order valence-electron chi connectivity index (χ2n) is 8.63. The van der Waals surface area contributed by atoms with Crippen LogP contribution in [0.5, 0.6) is 17.2 Å². The van der Waals surface area contributed by atoms with Gasteiger partial charge in [-0.15, -0.1) is 10.2 Å². The number of nitrogens with zero attached hydrogens (tertiary/aromatic N) is 3. The van der Waals surface area contributed by atoms with Crippen molar-refractivity contribution in [2.75, 3.05) is 14.2 Å². The van der Waals surface area contributed by atoms with Gasteiger partial charge in [0.15, 0.2) is 0 Å². The van der Waals surface area contributed by atoms with Gasteiger partial charge in [-0.1, -0.05) is 19.4 Å². The number of aryl methyl sites for hydroxylation is 1. The highest BCUT2D eigenvalue weighted by atomic mass is 16.5. The Hall–Kier alpha value is -4.67. The SMILES string of the molecule is CCCCc1[nH]c(=O)c(-c2nnc(C(Cc3ccncc3)C(N)=O)o2)c(O)c1-c1c(OC)cccc1OC. The highest BCUT2D eigenvalue weighted by molar-refractivity contribution is 5.87. The number of methoxy groups -OCH3 is 2. The number of ether oxygens (including phenoxy) is 2. The normalized spacial score (nSPS) is 11.8. The van der Waals surface area contributed by atoms with Crippen LogP contribution in [0.25, 0.3) is 22.6 Å². The maximum atomic E-state index is 13.2. The van der Waals surface area contributed by atoms with Crippen LogP contribution < -0.4 is 20.8 Å². The van der Waals surface area contributed by atoms with Crippen molar-refractivity contribution in [3.05, 3.63) is 70.2 Å². The van der Waals surface area contributed by atoms with Gasteiger partial charge in [0, 0.05) is 18.1 Å². The lowest BCUT2D eigenvalue weighted by Crippen LogP contribution is -2.23. The lowest BCUT2D eigenvalue weighted by atomic mass is 9.96. The number of primary amides is 1. The van der Waals surface area contributed by atoms with Gasteiger partial charge < -0.3 is 29.7 Å². The summed E-state index contributed by atoms with van der Waals surface area (Å²) in [5.41, 5.74) is 6.85. The van der Waals surface area contributed by atoms with Crippen molar-refractivity contribution in [2.24, 2.45) is 5.73 Å². The zero-order chi connectivity index (χ0) is 27.2. The van der Waals surface area contributed by atoms with Crippen molar-refractivity contribution >= 4 is 5.91 Å². The Morgan fingerprint density at radius 1 is 1.08 bits per heavy atom. The summed E-state index contributed by atoms with van der Waals surface area (Å²) in [4.78, 5) is 32.3. The molecular weight excluding hydrogens is 490 g/mol. The third-order valence-electron chi connectivity index (χ3n) is 6.21. The minimum absolute atomic E-state index is 0.0745. The van der Waals surface area contributed by atoms with Gasteiger partial charge in [-0.25, -0.2) is 0 Å². The molecule has 11 heteroatoms. The van der Waals surface area contributed by atoms with Crippen molar-refractivity contribution < 1.29 is 23.8 Å². The Bertz CT molecular complexity index is 1460. The van der Waals surface area contributed by atoms with Gasteiger partial charge in [0.2, 0.25) is 11.8 Å². The summed E-state index contributed by atoms with van der Waals surface area (Å²) in [5, 5.41) is 19.5. The number of H-pyrrole nitrogens is 1. The molecule has 0 bridgehead atoms. The largest absolute Gasteiger partial charge is 0.506 e. The summed E-state index contributed by atoms with van der Waals surface area (Å²) >= 11 is 0. The fraction of sp³-hybridized carbons (Fsp3) is 0.296. The topological polar surface area (TPSA) is 166 Å². The molecule has 1 unspecified atom stereocenters. The van der Waals surface area contributed by atoms with E-state index in [0.717, 1.165) is 18.4 Å². The number of hydrogen-bond acceptors (Lipinski definition) is 9. The van der Waals surface area contributed by atoms with Gasteiger partial charge in [-0.05, 0) is 49.1 Å². The molecule has 198 valence electrons. The van der Waals surface area contributed by atoms with E-state index in [1.165, 1.54) is 14.2 Å². The third kappa shape index (κ3) is 5.22. The van der Waals surface area contributed by atoms with E-state index in [1.54, 1.807) is 42.7 Å². The molecule has 0 spiro atoms. The molecule has 4 rings (SSSR count). The van der Waals surface area contributed by atoms with Crippen LogP contribution in [0, 0.1) is 0 Å². The fourth-order valence-corrected chi connectivity index (χ4v) is 4.28. The Balaban J connectivity index is 1.87. The third-order valence-corrected chi connectivity index (χ3v) is 6.21. The molecule has 3 aromatic heterocycles. The van der Waals surface area contributed by atoms with Crippen LogP contribution in [0.4, 0.5) is 0 Å². The standard InChI is InChI=1S/C27H29N5O6/c1-4-5-7-17-20(21-18(36-2)8-6-9-19(21)37-3)23(33)22(25(35)30-17)27-32-31-26(38-27)16(24(28)34)14-15-10-12-29-13-11-15/h6,8-13,16H,4-5,7,14H2,1-3H3,(H2,28,34)(H2,30,33,35). The molecule has 0 saturated heterocycles. The predicted octanol–water partition coefficient (Wildman–Crippen LogP) is 3.36. The van der Waals surface area contributed by atoms with E-state index in [-0.39, 0.29) is 29.5 Å². The fourth-order valence-electron chi connectivity index (χ4n) is 4.28. The monoisotopic (exact) mass is 519 g/mol. The van der Waals surface area contributed by atoms with Crippen molar-refractivity contribution in [3.63, 3.8) is 0 Å². The quantitative estimate of drug-likeness (QED) is 0.269. The first-order valence-corrected chi connectivity index (χ1v) is 12.1. The van der Waals surface area contributed by atoms with Gasteiger partial charge in [-0.3, -0.25) is 14.6 Å². The van der Waals surface area contributed by atoms with E-state index in [9.17, 15) is 14.7 Å². The van der Waals surface area contributed by atoms with Gasteiger partial charge in [-0.2, -0.15) is 0 Å². The van der Waals surface area contributed by atoms with Gasteiger partial charge in [0.1, 0.15) is 28.7 Å². The molecular formula is C27H29N5O6. The number of rotatable bonds is 11. The number of carbonyl (C=O) groups excluding carboxylic acids is 1. The second-order valence-corrected chi connectivity index (χ2v) is 8.63. The molecule has 3 heterocycles. The number of nitrogens with two attached hydrogens (primary N) is 1. The minimum Gasteiger partial charge on any atom is -0.506 e. The molecule has 0 fully saturated rings. The summed E-state index contributed by atoms with van der Waals surface area (Å²) < 4.78 is 16.9. The maximum Gasteiger partial charge on any atom is 0.264 e. The first-order valence-electron chi connectivity index (χ1n) is 12.1. The molecule has 4 N–H and O–H groups in total. The van der Waals surface area contributed by atoms with E-state index < -0.39 is 17.4 Å². The Morgan fingerprint density at radius 2 is 1.76 bits per heavy atom. The number of pyridine rings is 2. The van der Waals surface area contributed by atoms with Crippen LogP contribution in [-0.2, 0) is 17.6 Å². The Morgan fingerprint density at radius 3 is 2.37 bits per heavy atom. The van der Waals surface area contributed by atoms with Crippen LogP contribution in [0.3, 0.4) is 0 Å². The van der Waals surface area contributed by atoms with Gasteiger partial charge in [0.25, 0.3) is 11.4 Å². The molecule has 4 aromatic rings. The molecule has 1 amide bonds. The van der Waals surface area contributed by atoms with E-state index in [1.807, 2.05) is 6.92 Å². The number of aromatic nitrogens is 4. The highest BCUT2D eigenvalue weighted by Crippen LogP contribution is 2.46. The Kier molecular flexibility index (Phi) is 8.05. The van der Waals surface area contributed by atoms with Crippen molar-refractivity contribution in [2.45, 2.75) is 38.5 Å². The molecule has 0 saturated carbocycles. The number of nitrogens with one attached hydrogen (secondary N) is 1. The van der Waals surface area contributed by atoms with Crippen LogP contribution in [0.15, 0.2) is 51.9 Å². The number of amides is 1. The maximum absolute atomic E-state index is 13.2. The predicted molar refractivity (Wildman–Crippen MR) is 139 cm³/mol. The molecule has 0 aliphatic rings. The average Bonchev–Trinajstić information content (AvgIpc) is 3.39. The number of aromatic amines is 1. The van der Waals surface area contributed by atoms with E-state index in [4.69, 9.17) is 19.6 Å². The number of carbonyl (C=O) groups is 1. The number of hydrogen-bond donors (Lipinski definition) is 3. The zero-order valence-electron chi connectivity index (χ0n) is 21.4. The second kappa shape index (κ2) is 11.6. The van der Waals surface area contributed by atoms with Gasteiger partial charge in [0.05, 0.1) is 25.3 Å². The lowest BCUT2D eigenvalue weighted by molar-refractivity contribution is -0.119. The number of unbranched alkanes of at least 4 members (excludes halogenated alkanes) is 1. The highest BCUT2D eigenvalue weighted by Gasteiger charge is 2.30. The molecule has 0 aliphatic heterocycles. The first kappa shape index (κ1) is 26.4. The van der Waals surface area contributed by atoms with Crippen LogP contribution in [0.2, 0.25) is 0 Å². The van der Waals surface area contributed by atoms with E-state index >= 15 is 0 Å². The van der Waals surface area contributed by atoms with Crippen molar-refractivity contribution in [3.8, 4) is 39.8 Å². The van der Waals surface area contributed by atoms with E-state index in [2.05, 4.69) is 20.2 Å². The van der Waals surface area contributed by atoms with Crippen LogP contribution in [0.1, 0.15) is 42.8 Å². The van der Waals surface area contributed by atoms with Crippen molar-refractivity contribution in [1.29, 1.82) is 0 Å². The molecule has 11 nitrogen and oxygen atoms in total. The molecule has 0 aliphatic carbocycles. The summed E-state index contributed by atoms with van der Waals surface area (Å²) in [6.45, 7) is 2.02. The number of benzene rings is 1. The minimum atomic E-state index is -0.947. The van der Waals surface area contributed by atoms with Crippen molar-refractivity contribution in [1.82, 2.24) is 20.2 Å². The summed E-state index contributed by atoms with van der Waals surface area (Å²) in [6, 6.07) is 8.70. The first-order chi connectivity index (χ1) is 18.4. The summed E-state index contributed by atoms with van der Waals surface area (Å²) in [6.07, 6.45) is 5.50. The molecule has 38 heavy (non-hydrogen) atoms. The van der Waals surface area contributed by atoms with Gasteiger partial charge >= 0.3 is 0 Å². The molecule has 1 aromatic carbocycles. The number of aromatic hydroxyl groups is 1. The smallest absolute Gasteiger partial charge is 0.264 e. The van der Waals surface area contributed by atoms with Crippen LogP contribution in [-0.4, -0.2) is 45.4 Å². The lowest BCUT2D eigenvalue weighted by Gasteiger charge is -2.18. The summed E-state index contributed by atoms with van der Waals surface area (Å²) in [7, 11) is 3.01. The molecule has 0 radical (unpaired) electrons. The Labute approximate surface area is 218 Å². The van der Waals surface area contributed by atoms with Crippen LogP contribution >= 0.6 is 0 Å². The molecule has 1 atom stereocenters. The zero-order valence-corrected chi connectivity index (χ0v) is 21.4.